The average Bonchev–Trinajstić information content (AvgIpc) is 2.48. The minimum atomic E-state index is -9.76. The van der Waals surface area contributed by atoms with Crippen LogP contribution in [0.4, 0.5) is 19.4 Å². The maximum Gasteiger partial charge on any atom is 0.310 e. The molecule has 2 unspecified atom stereocenters. The third-order valence-corrected chi connectivity index (χ3v) is 5.51. The first-order chi connectivity index (χ1) is 12.4. The zero-order valence-electron chi connectivity index (χ0n) is 15.9. The number of nitrogens with one attached hydrogen (secondary N) is 3. The van der Waals surface area contributed by atoms with Crippen LogP contribution in [0.3, 0.4) is 0 Å². The van der Waals surface area contributed by atoms with Crippen LogP contribution in [-0.2, 0) is 9.59 Å². The summed E-state index contributed by atoms with van der Waals surface area (Å²) in [5, 5.41) is 8.23. The van der Waals surface area contributed by atoms with Crippen molar-refractivity contribution >= 4 is 22.0 Å². The van der Waals surface area contributed by atoms with Crippen LogP contribution in [0.15, 0.2) is 29.2 Å². The van der Waals surface area contributed by atoms with Crippen LogP contribution in [0.5, 0.6) is 0 Å². The van der Waals surface area contributed by atoms with Gasteiger partial charge < -0.3 is 10.6 Å². The molecule has 28 heavy (non-hydrogen) atoms. The van der Waals surface area contributed by atoms with Gasteiger partial charge in [0.15, 0.2) is 0 Å². The van der Waals surface area contributed by atoms with E-state index in [4.69, 9.17) is 0 Å². The predicted molar refractivity (Wildman–Crippen MR) is 97.3 cm³/mol. The molecular weight excluding hydrogens is 405 g/mol. The third-order valence-electron chi connectivity index (χ3n) is 4.35. The van der Waals surface area contributed by atoms with Crippen molar-refractivity contribution in [3.63, 3.8) is 0 Å². The minimum Gasteiger partial charge on any atom is -0.347 e. The molecule has 1 aromatic carbocycles. The van der Waals surface area contributed by atoms with Gasteiger partial charge in [-0.25, -0.2) is 0 Å². The molecule has 2 amide bonds. The molecule has 1 saturated heterocycles. The number of hydrogen-bond donors (Lipinski definition) is 3. The molecule has 3 N–H and O–H groups in total. The molecule has 5 nitrogen and oxygen atoms in total. The summed E-state index contributed by atoms with van der Waals surface area (Å²) >= 11 is 0. The molecular formula is C17H24F5N3O2S. The molecule has 1 fully saturated rings. The van der Waals surface area contributed by atoms with Gasteiger partial charge in [0.2, 0.25) is 11.8 Å². The molecule has 1 aliphatic heterocycles. The summed E-state index contributed by atoms with van der Waals surface area (Å²) in [6, 6.07) is 0.971. The lowest BCUT2D eigenvalue weighted by Crippen LogP contribution is -2.60. The smallest absolute Gasteiger partial charge is 0.310 e. The van der Waals surface area contributed by atoms with Gasteiger partial charge in [0.25, 0.3) is 0 Å². The van der Waals surface area contributed by atoms with Crippen LogP contribution in [0.25, 0.3) is 0 Å². The van der Waals surface area contributed by atoms with E-state index in [-0.39, 0.29) is 17.9 Å². The van der Waals surface area contributed by atoms with Crippen molar-refractivity contribution in [2.24, 2.45) is 5.41 Å². The summed E-state index contributed by atoms with van der Waals surface area (Å²) in [4.78, 5) is 22.2. The molecule has 1 aliphatic rings. The van der Waals surface area contributed by atoms with Crippen LogP contribution in [-0.4, -0.2) is 24.0 Å². The van der Waals surface area contributed by atoms with Gasteiger partial charge in [0, 0.05) is 0 Å². The second-order valence-corrected chi connectivity index (χ2v) is 10.5. The van der Waals surface area contributed by atoms with Crippen molar-refractivity contribution in [2.45, 2.75) is 57.3 Å². The lowest BCUT2D eigenvalue weighted by atomic mass is 9.82. The second kappa shape index (κ2) is 6.31. The minimum absolute atomic E-state index is 0.0871. The van der Waals surface area contributed by atoms with E-state index in [0.717, 1.165) is 12.1 Å². The summed E-state index contributed by atoms with van der Waals surface area (Å²) < 4.78 is 64.6. The first-order valence-electron chi connectivity index (χ1n) is 8.57. The van der Waals surface area contributed by atoms with E-state index in [0.29, 0.717) is 12.1 Å². The maximum absolute atomic E-state index is 12.9. The van der Waals surface area contributed by atoms with E-state index in [1.54, 1.807) is 27.7 Å². The van der Waals surface area contributed by atoms with Gasteiger partial charge in [-0.15, -0.1) is 0 Å². The molecule has 0 aromatic heterocycles. The Morgan fingerprint density at radius 3 is 2.11 bits per heavy atom. The van der Waals surface area contributed by atoms with Gasteiger partial charge in [-0.05, 0) is 30.0 Å². The summed E-state index contributed by atoms with van der Waals surface area (Å²) in [5.74, 6) is -0.808. The van der Waals surface area contributed by atoms with Crippen LogP contribution < -0.4 is 16.0 Å². The molecule has 0 aliphatic carbocycles. The fraction of sp³-hybridized carbons (Fsp3) is 0.529. The van der Waals surface area contributed by atoms with E-state index in [1.807, 2.05) is 0 Å². The molecule has 0 spiro atoms. The van der Waals surface area contributed by atoms with E-state index in [9.17, 15) is 29.0 Å². The monoisotopic (exact) mass is 429 g/mol. The van der Waals surface area contributed by atoms with Gasteiger partial charge in [-0.2, -0.15) is 0 Å². The molecule has 1 heterocycles. The molecule has 160 valence electrons. The molecule has 3 atom stereocenters. The van der Waals surface area contributed by atoms with Crippen LogP contribution in [0.2, 0.25) is 0 Å². The zero-order valence-corrected chi connectivity index (χ0v) is 16.7. The first-order valence-corrected chi connectivity index (χ1v) is 10.5. The number of hydrogen-bond acceptors (Lipinski definition) is 3. The Morgan fingerprint density at radius 1 is 1.14 bits per heavy atom. The van der Waals surface area contributed by atoms with Crippen LogP contribution in [0.1, 0.15) is 45.7 Å². The highest BCUT2D eigenvalue weighted by molar-refractivity contribution is 8.45. The van der Waals surface area contributed by atoms with Gasteiger partial charge >= 0.3 is 10.2 Å². The lowest BCUT2D eigenvalue weighted by molar-refractivity contribution is -0.132. The molecule has 11 heteroatoms. The highest BCUT2D eigenvalue weighted by Gasteiger charge is 2.65. The number of benzene rings is 1. The van der Waals surface area contributed by atoms with Crippen molar-refractivity contribution in [1.29, 1.82) is 0 Å². The summed E-state index contributed by atoms with van der Waals surface area (Å²) in [7, 11) is -9.76. The molecule has 0 radical (unpaired) electrons. The van der Waals surface area contributed by atoms with E-state index < -0.39 is 44.7 Å². The van der Waals surface area contributed by atoms with E-state index >= 15 is 0 Å². The normalized spacial score (nSPS) is 24.5. The highest BCUT2D eigenvalue weighted by Crippen LogP contribution is 3.02. The summed E-state index contributed by atoms with van der Waals surface area (Å²) in [5.41, 5.74) is -0.381. The van der Waals surface area contributed by atoms with E-state index in [1.165, 1.54) is 0 Å². The fourth-order valence-corrected chi connectivity index (χ4v) is 3.67. The van der Waals surface area contributed by atoms with Crippen molar-refractivity contribution in [1.82, 2.24) is 16.0 Å². The highest BCUT2D eigenvalue weighted by atomic mass is 32.5. The third kappa shape index (κ3) is 5.57. The quantitative estimate of drug-likeness (QED) is 0.623. The first kappa shape index (κ1) is 22.4. The number of carbonyl (C=O) groups is 2. The molecule has 2 rings (SSSR count). The number of amides is 2. The molecule has 0 saturated carbocycles. The largest absolute Gasteiger partial charge is 0.347 e. The Labute approximate surface area is 160 Å². The van der Waals surface area contributed by atoms with Crippen molar-refractivity contribution in [2.75, 3.05) is 0 Å². The Morgan fingerprint density at radius 2 is 1.68 bits per heavy atom. The van der Waals surface area contributed by atoms with Crippen LogP contribution >= 0.6 is 10.2 Å². The topological polar surface area (TPSA) is 70.2 Å². The fourth-order valence-electron chi connectivity index (χ4n) is 3.02. The average molecular weight is 429 g/mol. The Hall–Kier alpha value is -1.88. The molecule has 0 bridgehead atoms. The summed E-state index contributed by atoms with van der Waals surface area (Å²) in [6.45, 7) is 6.91. The summed E-state index contributed by atoms with van der Waals surface area (Å²) in [6.07, 6.45) is -0.502. The Kier molecular flexibility index (Phi) is 5.05. The van der Waals surface area contributed by atoms with Crippen molar-refractivity contribution < 1.29 is 29.0 Å². The standard InChI is InChI=1S/C17H24F5N3O2S/c1-10-23-13(9-14(26)24-10)16(27)25-15(17(2,3)4)11-5-7-12(8-6-11)28(18,19,20,21)22/h5-8,10,13,15,23H,9H2,1-4H3,(H,24,26)(H,25,27)/t10?,13?,15-/m0/s1. The van der Waals surface area contributed by atoms with Gasteiger partial charge in [-0.1, -0.05) is 52.3 Å². The van der Waals surface area contributed by atoms with Gasteiger partial charge in [0.05, 0.1) is 24.7 Å². The number of halogens is 5. The van der Waals surface area contributed by atoms with Gasteiger partial charge in [0.1, 0.15) is 4.90 Å². The second-order valence-electron chi connectivity index (χ2n) is 8.06. The van der Waals surface area contributed by atoms with Gasteiger partial charge in [-0.3, -0.25) is 14.9 Å². The van der Waals surface area contributed by atoms with Crippen molar-refractivity contribution in [3.05, 3.63) is 29.8 Å². The molecule has 1 aromatic rings. The Bertz CT molecular complexity index is 775. The van der Waals surface area contributed by atoms with Crippen LogP contribution in [0, 0.1) is 5.41 Å². The SMILES string of the molecule is CC1NC(=O)CC(C(=O)N[C@@H](c2ccc(S(F)(F)(F)(F)F)cc2)C(C)(C)C)N1. The number of rotatable bonds is 4. The Balaban J connectivity index is 2.28. The lowest BCUT2D eigenvalue weighted by Gasteiger charge is -2.41. The van der Waals surface area contributed by atoms with Crippen molar-refractivity contribution in [3.8, 4) is 0 Å². The zero-order chi connectivity index (χ0) is 21.6. The van der Waals surface area contributed by atoms with E-state index in [2.05, 4.69) is 16.0 Å². The number of carbonyl (C=O) groups excluding carboxylic acids is 2. The predicted octanol–water partition coefficient (Wildman–Crippen LogP) is 4.37. The maximum atomic E-state index is 12.9.